The largest absolute Gasteiger partial charge is 0.249 e. The third kappa shape index (κ3) is 5.38. The lowest BCUT2D eigenvalue weighted by Crippen LogP contribution is -1.67. The van der Waals surface area contributed by atoms with Crippen LogP contribution in [0.2, 0.25) is 0 Å². The molecule has 0 aromatic rings. The summed E-state index contributed by atoms with van der Waals surface area (Å²) in [5.41, 5.74) is 0.606. The number of allylic oxidation sites excluding steroid dienone is 3. The summed E-state index contributed by atoms with van der Waals surface area (Å²) in [6.45, 7) is 3.48. The van der Waals surface area contributed by atoms with Gasteiger partial charge in [0.1, 0.15) is 5.16 Å². The molecule has 0 atom stereocenters. The van der Waals surface area contributed by atoms with Crippen LogP contribution in [0.15, 0.2) is 27.9 Å². The average molecular weight is 169 g/mol. The van der Waals surface area contributed by atoms with Gasteiger partial charge in [-0.25, -0.2) is 4.99 Å². The fourth-order valence-electron chi connectivity index (χ4n) is 0.397. The smallest absolute Gasteiger partial charge is 0.128 e. The predicted octanol–water partition coefficient (Wildman–Crippen LogP) is 2.63. The van der Waals surface area contributed by atoms with Gasteiger partial charge in [-0.3, -0.25) is 0 Å². The standard InChI is InChI=1S/C8H9ClN2/c1-3-11-8(9)5-4-7(2)6-10/h3-5H,1-2H3/b7-4+,8-5-,11-3?. The van der Waals surface area contributed by atoms with E-state index in [2.05, 4.69) is 4.99 Å². The van der Waals surface area contributed by atoms with E-state index in [4.69, 9.17) is 16.9 Å². The maximum atomic E-state index is 8.35. The first kappa shape index (κ1) is 9.93. The van der Waals surface area contributed by atoms with Crippen molar-refractivity contribution >= 4 is 17.8 Å². The van der Waals surface area contributed by atoms with Gasteiger partial charge in [0, 0.05) is 11.8 Å². The van der Waals surface area contributed by atoms with Crippen molar-refractivity contribution in [1.82, 2.24) is 0 Å². The first-order valence-corrected chi connectivity index (χ1v) is 3.51. The molecular weight excluding hydrogens is 160 g/mol. The molecule has 0 spiro atoms. The van der Waals surface area contributed by atoms with Crippen LogP contribution in [-0.2, 0) is 0 Å². The number of nitrogens with zero attached hydrogens (tertiary/aromatic N) is 2. The van der Waals surface area contributed by atoms with Crippen molar-refractivity contribution in [2.45, 2.75) is 13.8 Å². The normalized spacial score (nSPS) is 13.6. The molecule has 0 saturated carbocycles. The molecule has 0 aliphatic heterocycles. The topological polar surface area (TPSA) is 36.1 Å². The molecule has 0 radical (unpaired) electrons. The molecule has 0 aliphatic rings. The number of rotatable bonds is 2. The lowest BCUT2D eigenvalue weighted by atomic mass is 10.3. The van der Waals surface area contributed by atoms with E-state index < -0.39 is 0 Å². The highest BCUT2D eigenvalue weighted by Crippen LogP contribution is 2.03. The highest BCUT2D eigenvalue weighted by molar-refractivity contribution is 6.29. The van der Waals surface area contributed by atoms with Gasteiger partial charge in [-0.15, -0.1) is 0 Å². The van der Waals surface area contributed by atoms with Crippen LogP contribution in [0.5, 0.6) is 0 Å². The SMILES string of the molecule is CC=N/C(Cl)=C\C=C(/C)C#N. The van der Waals surface area contributed by atoms with E-state index in [0.29, 0.717) is 10.7 Å². The van der Waals surface area contributed by atoms with E-state index >= 15 is 0 Å². The molecule has 0 unspecified atom stereocenters. The van der Waals surface area contributed by atoms with Crippen LogP contribution in [-0.4, -0.2) is 6.21 Å². The number of halogens is 1. The summed E-state index contributed by atoms with van der Waals surface area (Å²) in [6.07, 6.45) is 4.80. The maximum Gasteiger partial charge on any atom is 0.128 e. The van der Waals surface area contributed by atoms with Gasteiger partial charge in [0.15, 0.2) is 0 Å². The molecular formula is C8H9ClN2. The zero-order chi connectivity index (χ0) is 8.69. The monoisotopic (exact) mass is 168 g/mol. The maximum absolute atomic E-state index is 8.35. The molecule has 0 aromatic heterocycles. The van der Waals surface area contributed by atoms with Crippen LogP contribution in [0.1, 0.15) is 13.8 Å². The van der Waals surface area contributed by atoms with Crippen molar-refractivity contribution in [2.75, 3.05) is 0 Å². The summed E-state index contributed by atoms with van der Waals surface area (Å²) in [5.74, 6) is 0. The van der Waals surface area contributed by atoms with E-state index in [9.17, 15) is 0 Å². The van der Waals surface area contributed by atoms with Gasteiger partial charge >= 0.3 is 0 Å². The first-order valence-electron chi connectivity index (χ1n) is 3.13. The van der Waals surface area contributed by atoms with E-state index in [1.807, 2.05) is 6.07 Å². The Hall–Kier alpha value is -1.07. The number of aliphatic imine (C=N–C) groups is 1. The summed E-state index contributed by atoms with van der Waals surface area (Å²) in [5, 5.41) is 8.73. The second-order valence-corrected chi connectivity index (χ2v) is 2.23. The molecule has 0 fully saturated rings. The number of nitriles is 1. The molecule has 3 heteroatoms. The van der Waals surface area contributed by atoms with Gasteiger partial charge in [0.05, 0.1) is 6.07 Å². The quantitative estimate of drug-likeness (QED) is 0.270. The van der Waals surface area contributed by atoms with Crippen molar-refractivity contribution in [2.24, 2.45) is 4.99 Å². The Kier molecular flexibility index (Phi) is 5.14. The van der Waals surface area contributed by atoms with Crippen molar-refractivity contribution < 1.29 is 0 Å². The minimum absolute atomic E-state index is 0.377. The predicted molar refractivity (Wildman–Crippen MR) is 47.5 cm³/mol. The molecule has 0 heterocycles. The molecule has 0 saturated heterocycles. The Labute approximate surface area is 71.5 Å². The summed E-state index contributed by atoms with van der Waals surface area (Å²) in [7, 11) is 0. The zero-order valence-corrected chi connectivity index (χ0v) is 7.26. The molecule has 0 aromatic carbocycles. The van der Waals surface area contributed by atoms with Crippen LogP contribution in [0, 0.1) is 11.3 Å². The van der Waals surface area contributed by atoms with Gasteiger partial charge < -0.3 is 0 Å². The lowest BCUT2D eigenvalue weighted by molar-refractivity contribution is 1.43. The molecule has 58 valence electrons. The zero-order valence-electron chi connectivity index (χ0n) is 6.50. The molecule has 0 rings (SSSR count). The Morgan fingerprint density at radius 1 is 1.55 bits per heavy atom. The van der Waals surface area contributed by atoms with Gasteiger partial charge in [-0.1, -0.05) is 11.6 Å². The minimum atomic E-state index is 0.377. The molecule has 2 nitrogen and oxygen atoms in total. The Morgan fingerprint density at radius 3 is 2.64 bits per heavy atom. The second kappa shape index (κ2) is 5.70. The second-order valence-electron chi connectivity index (χ2n) is 1.84. The highest BCUT2D eigenvalue weighted by Gasteiger charge is 1.83. The summed E-state index contributed by atoms with van der Waals surface area (Å²) in [6, 6.07) is 1.97. The van der Waals surface area contributed by atoms with Gasteiger partial charge in [0.2, 0.25) is 0 Å². The van der Waals surface area contributed by atoms with Crippen LogP contribution in [0.25, 0.3) is 0 Å². The third-order valence-corrected chi connectivity index (χ3v) is 1.12. The Balaban J connectivity index is 4.25. The Morgan fingerprint density at radius 2 is 2.18 bits per heavy atom. The molecule has 0 aliphatic carbocycles. The van der Waals surface area contributed by atoms with Crippen LogP contribution in [0.4, 0.5) is 0 Å². The van der Waals surface area contributed by atoms with Gasteiger partial charge in [-0.2, -0.15) is 5.26 Å². The van der Waals surface area contributed by atoms with E-state index in [1.165, 1.54) is 0 Å². The number of hydrogen-bond acceptors (Lipinski definition) is 2. The fourth-order valence-corrected chi connectivity index (χ4v) is 0.558. The fraction of sp³-hybridized carbons (Fsp3) is 0.250. The minimum Gasteiger partial charge on any atom is -0.249 e. The summed E-state index contributed by atoms with van der Waals surface area (Å²) >= 11 is 5.59. The van der Waals surface area contributed by atoms with E-state index in [0.717, 1.165) is 0 Å². The number of hydrogen-bond donors (Lipinski definition) is 0. The van der Waals surface area contributed by atoms with E-state index in [1.54, 1.807) is 32.2 Å². The van der Waals surface area contributed by atoms with Crippen LogP contribution >= 0.6 is 11.6 Å². The molecule has 0 bridgehead atoms. The van der Waals surface area contributed by atoms with Crippen LogP contribution < -0.4 is 0 Å². The highest BCUT2D eigenvalue weighted by atomic mass is 35.5. The third-order valence-electron chi connectivity index (χ3n) is 0.900. The Bertz CT molecular complexity index is 243. The van der Waals surface area contributed by atoms with Crippen molar-refractivity contribution in [3.05, 3.63) is 22.9 Å². The lowest BCUT2D eigenvalue weighted by Gasteiger charge is -1.83. The molecule has 0 amide bonds. The average Bonchev–Trinajstić information content (AvgIpc) is 2.01. The van der Waals surface area contributed by atoms with Gasteiger partial charge in [-0.05, 0) is 26.0 Å². The summed E-state index contributed by atoms with van der Waals surface area (Å²) < 4.78 is 0. The summed E-state index contributed by atoms with van der Waals surface area (Å²) in [4.78, 5) is 3.78. The van der Waals surface area contributed by atoms with Crippen molar-refractivity contribution in [3.8, 4) is 6.07 Å². The van der Waals surface area contributed by atoms with E-state index in [-0.39, 0.29) is 0 Å². The molecule has 11 heavy (non-hydrogen) atoms. The molecule has 0 N–H and O–H groups in total. The van der Waals surface area contributed by atoms with Crippen molar-refractivity contribution in [3.63, 3.8) is 0 Å². The first-order chi connectivity index (χ1) is 5.20. The van der Waals surface area contributed by atoms with Gasteiger partial charge in [0.25, 0.3) is 0 Å². The van der Waals surface area contributed by atoms with Crippen LogP contribution in [0.3, 0.4) is 0 Å². The van der Waals surface area contributed by atoms with Crippen molar-refractivity contribution in [1.29, 1.82) is 5.26 Å².